The minimum absolute atomic E-state index is 0.709. The van der Waals surface area contributed by atoms with Crippen molar-refractivity contribution in [2.24, 2.45) is 0 Å². The Morgan fingerprint density at radius 3 is 2.79 bits per heavy atom. The fraction of sp³-hybridized carbons (Fsp3) is 0.333. The van der Waals surface area contributed by atoms with Crippen molar-refractivity contribution in [2.75, 3.05) is 5.73 Å². The summed E-state index contributed by atoms with van der Waals surface area (Å²) in [6, 6.07) is 10.7. The second-order valence-corrected chi connectivity index (χ2v) is 6.53. The van der Waals surface area contributed by atoms with Crippen LogP contribution in [0, 0.1) is 0 Å². The van der Waals surface area contributed by atoms with Crippen LogP contribution in [0.1, 0.15) is 23.3 Å². The Morgan fingerprint density at radius 1 is 1.26 bits per heavy atom. The first-order chi connectivity index (χ1) is 9.22. The van der Waals surface area contributed by atoms with Crippen molar-refractivity contribution in [1.82, 2.24) is 4.90 Å². The van der Waals surface area contributed by atoms with Crippen LogP contribution in [0.15, 0.2) is 35.7 Å². The topological polar surface area (TPSA) is 29.3 Å². The van der Waals surface area contributed by atoms with Crippen molar-refractivity contribution in [3.05, 3.63) is 51.2 Å². The van der Waals surface area contributed by atoms with E-state index in [2.05, 4.69) is 22.4 Å². The van der Waals surface area contributed by atoms with Crippen LogP contribution < -0.4 is 5.73 Å². The van der Waals surface area contributed by atoms with Gasteiger partial charge in [0.25, 0.3) is 0 Å². The highest BCUT2D eigenvalue weighted by Crippen LogP contribution is 2.32. The molecule has 1 aliphatic rings. The lowest BCUT2D eigenvalue weighted by atomic mass is 10.1. The zero-order chi connectivity index (χ0) is 13.2. The number of hydrogen-bond acceptors (Lipinski definition) is 3. The standard InChI is InChI=1S/C15H17ClN2S/c16-12-3-6-15(17)11(8-12)9-18(13-4-5-13)10-14-2-1-7-19-14/h1-3,6-8,13H,4-5,9-10,17H2. The monoisotopic (exact) mass is 292 g/mol. The minimum Gasteiger partial charge on any atom is -0.398 e. The lowest BCUT2D eigenvalue weighted by molar-refractivity contribution is 0.248. The van der Waals surface area contributed by atoms with Crippen LogP contribution in [0.2, 0.25) is 5.02 Å². The third kappa shape index (κ3) is 3.30. The highest BCUT2D eigenvalue weighted by Gasteiger charge is 2.29. The van der Waals surface area contributed by atoms with Crippen LogP contribution in [0.5, 0.6) is 0 Å². The molecule has 0 unspecified atom stereocenters. The summed E-state index contributed by atoms with van der Waals surface area (Å²) in [5.41, 5.74) is 8.02. The van der Waals surface area contributed by atoms with Gasteiger partial charge >= 0.3 is 0 Å². The molecule has 3 rings (SSSR count). The second kappa shape index (κ2) is 5.53. The number of anilines is 1. The smallest absolute Gasteiger partial charge is 0.0410 e. The van der Waals surface area contributed by atoms with Crippen LogP contribution in [-0.2, 0) is 13.1 Å². The summed E-state index contributed by atoms with van der Waals surface area (Å²) in [5, 5.41) is 2.89. The Hall–Kier alpha value is -1.03. The van der Waals surface area contributed by atoms with Crippen LogP contribution in [0.3, 0.4) is 0 Å². The summed E-state index contributed by atoms with van der Waals surface area (Å²) in [6.45, 7) is 1.89. The van der Waals surface area contributed by atoms with E-state index in [0.29, 0.717) is 6.04 Å². The molecule has 2 aromatic rings. The summed E-state index contributed by atoms with van der Waals surface area (Å²) >= 11 is 7.88. The fourth-order valence-corrected chi connectivity index (χ4v) is 3.21. The molecule has 100 valence electrons. The largest absolute Gasteiger partial charge is 0.398 e. The normalized spacial score (nSPS) is 15.1. The maximum Gasteiger partial charge on any atom is 0.0410 e. The van der Waals surface area contributed by atoms with E-state index in [9.17, 15) is 0 Å². The van der Waals surface area contributed by atoms with Gasteiger partial charge in [-0.1, -0.05) is 17.7 Å². The molecule has 1 fully saturated rings. The van der Waals surface area contributed by atoms with Crippen LogP contribution in [0.25, 0.3) is 0 Å². The third-order valence-corrected chi connectivity index (χ3v) is 4.58. The Kier molecular flexibility index (Phi) is 3.78. The predicted molar refractivity (Wildman–Crippen MR) is 82.5 cm³/mol. The van der Waals surface area contributed by atoms with Gasteiger partial charge in [0.2, 0.25) is 0 Å². The maximum absolute atomic E-state index is 6.07. The van der Waals surface area contributed by atoms with Crippen molar-refractivity contribution in [3.63, 3.8) is 0 Å². The number of hydrogen-bond donors (Lipinski definition) is 1. The average Bonchev–Trinajstić information content (AvgIpc) is 3.12. The summed E-state index contributed by atoms with van der Waals surface area (Å²) in [4.78, 5) is 3.92. The number of thiophene rings is 1. The Bertz CT molecular complexity index is 549. The highest BCUT2D eigenvalue weighted by atomic mass is 35.5. The van der Waals surface area contributed by atoms with E-state index in [-0.39, 0.29) is 0 Å². The van der Waals surface area contributed by atoms with E-state index in [4.69, 9.17) is 17.3 Å². The van der Waals surface area contributed by atoms with Crippen LogP contribution in [-0.4, -0.2) is 10.9 Å². The van der Waals surface area contributed by atoms with Gasteiger partial charge in [0.15, 0.2) is 0 Å². The first-order valence-corrected chi connectivity index (χ1v) is 7.78. The van der Waals surface area contributed by atoms with Crippen molar-refractivity contribution in [3.8, 4) is 0 Å². The zero-order valence-electron chi connectivity index (χ0n) is 10.7. The van der Waals surface area contributed by atoms with E-state index >= 15 is 0 Å². The summed E-state index contributed by atoms with van der Waals surface area (Å²) in [7, 11) is 0. The highest BCUT2D eigenvalue weighted by molar-refractivity contribution is 7.09. The van der Waals surface area contributed by atoms with Crippen molar-refractivity contribution >= 4 is 28.6 Å². The molecule has 0 radical (unpaired) electrons. The molecule has 0 aliphatic heterocycles. The molecule has 0 atom stereocenters. The molecule has 1 aliphatic carbocycles. The molecule has 1 saturated carbocycles. The maximum atomic E-state index is 6.07. The second-order valence-electron chi connectivity index (χ2n) is 5.06. The first-order valence-electron chi connectivity index (χ1n) is 6.53. The van der Waals surface area contributed by atoms with Gasteiger partial charge in [0, 0.05) is 34.7 Å². The number of nitrogens with zero attached hydrogens (tertiary/aromatic N) is 1. The van der Waals surface area contributed by atoms with E-state index < -0.39 is 0 Å². The molecule has 0 bridgehead atoms. The van der Waals surface area contributed by atoms with E-state index in [1.54, 1.807) is 0 Å². The van der Waals surface area contributed by atoms with Crippen molar-refractivity contribution < 1.29 is 0 Å². The molecule has 1 aromatic carbocycles. The summed E-state index contributed by atoms with van der Waals surface area (Å²) in [5.74, 6) is 0. The molecule has 0 saturated heterocycles. The van der Waals surface area contributed by atoms with Crippen molar-refractivity contribution in [2.45, 2.75) is 32.0 Å². The minimum atomic E-state index is 0.709. The Balaban J connectivity index is 1.76. The van der Waals surface area contributed by atoms with E-state index in [0.717, 1.165) is 29.4 Å². The Labute approximate surface area is 122 Å². The molecule has 19 heavy (non-hydrogen) atoms. The predicted octanol–water partition coefficient (Wildman–Crippen LogP) is 4.15. The van der Waals surface area contributed by atoms with Gasteiger partial charge in [-0.3, -0.25) is 4.90 Å². The molecular formula is C15H17ClN2S. The number of nitrogen functional groups attached to an aromatic ring is 1. The molecule has 1 heterocycles. The van der Waals surface area contributed by atoms with Gasteiger partial charge in [-0.05, 0) is 48.1 Å². The SMILES string of the molecule is Nc1ccc(Cl)cc1CN(Cc1cccs1)C1CC1. The number of halogens is 1. The van der Waals surface area contributed by atoms with Gasteiger partial charge in [-0.25, -0.2) is 0 Å². The molecular weight excluding hydrogens is 276 g/mol. The van der Waals surface area contributed by atoms with Gasteiger partial charge in [0.05, 0.1) is 0 Å². The lowest BCUT2D eigenvalue weighted by Gasteiger charge is -2.22. The third-order valence-electron chi connectivity index (χ3n) is 3.48. The average molecular weight is 293 g/mol. The molecule has 1 aromatic heterocycles. The first kappa shape index (κ1) is 13.0. The Morgan fingerprint density at radius 2 is 2.11 bits per heavy atom. The van der Waals surface area contributed by atoms with Crippen molar-refractivity contribution in [1.29, 1.82) is 0 Å². The summed E-state index contributed by atoms with van der Waals surface area (Å²) in [6.07, 6.45) is 2.59. The molecule has 0 amide bonds. The zero-order valence-corrected chi connectivity index (χ0v) is 12.3. The summed E-state index contributed by atoms with van der Waals surface area (Å²) < 4.78 is 0. The molecule has 2 nitrogen and oxygen atoms in total. The molecule has 4 heteroatoms. The van der Waals surface area contributed by atoms with Gasteiger partial charge in [-0.15, -0.1) is 11.3 Å². The van der Waals surface area contributed by atoms with E-state index in [1.807, 2.05) is 29.5 Å². The number of rotatable bonds is 5. The van der Waals surface area contributed by atoms with Gasteiger partial charge < -0.3 is 5.73 Å². The molecule has 2 N–H and O–H groups in total. The van der Waals surface area contributed by atoms with E-state index in [1.165, 1.54) is 17.7 Å². The van der Waals surface area contributed by atoms with Crippen LogP contribution >= 0.6 is 22.9 Å². The fourth-order valence-electron chi connectivity index (χ4n) is 2.29. The number of nitrogens with two attached hydrogens (primary N) is 1. The number of benzene rings is 1. The lowest BCUT2D eigenvalue weighted by Crippen LogP contribution is -2.25. The molecule has 0 spiro atoms. The van der Waals surface area contributed by atoms with Gasteiger partial charge in [0.1, 0.15) is 0 Å². The van der Waals surface area contributed by atoms with Crippen LogP contribution in [0.4, 0.5) is 5.69 Å². The quantitative estimate of drug-likeness (QED) is 0.839. The van der Waals surface area contributed by atoms with Gasteiger partial charge in [-0.2, -0.15) is 0 Å².